The van der Waals surface area contributed by atoms with Crippen molar-refractivity contribution < 1.29 is 19.0 Å². The van der Waals surface area contributed by atoms with Gasteiger partial charge in [0.2, 0.25) is 0 Å². The number of hydrogen-bond acceptors (Lipinski definition) is 7. The number of methoxy groups -OCH3 is 2. The van der Waals surface area contributed by atoms with E-state index in [-0.39, 0.29) is 18.1 Å². The van der Waals surface area contributed by atoms with Gasteiger partial charge in [-0.3, -0.25) is 4.79 Å². The number of nitrogens with one attached hydrogen (secondary N) is 2. The molecule has 0 radical (unpaired) electrons. The lowest BCUT2D eigenvalue weighted by Gasteiger charge is -2.38. The van der Waals surface area contributed by atoms with Gasteiger partial charge in [0.05, 0.1) is 26.2 Å². The Morgan fingerprint density at radius 3 is 2.63 bits per heavy atom. The van der Waals surface area contributed by atoms with E-state index in [0.717, 1.165) is 54.4 Å². The molecule has 0 bridgehead atoms. The number of piperidine rings is 1. The number of amides is 1. The molecule has 2 aromatic carbocycles. The minimum atomic E-state index is -0.144. The van der Waals surface area contributed by atoms with Crippen LogP contribution in [0.4, 0.5) is 5.69 Å². The van der Waals surface area contributed by atoms with Gasteiger partial charge in [-0.15, -0.1) is 0 Å². The number of carbonyl (C=O) groups excluding carboxylic acids is 1. The summed E-state index contributed by atoms with van der Waals surface area (Å²) < 4.78 is 16.5. The van der Waals surface area contributed by atoms with Crippen molar-refractivity contribution >= 4 is 28.7 Å². The van der Waals surface area contributed by atoms with Gasteiger partial charge in [-0.25, -0.2) is 4.99 Å². The number of likely N-dealkylation sites (tertiary alicyclic amines) is 1. The zero-order valence-corrected chi connectivity index (χ0v) is 22.5. The number of aliphatic imine (C=N–C) groups is 1. The third-order valence-electron chi connectivity index (χ3n) is 7.40. The Bertz CT molecular complexity index is 1200. The Hall–Kier alpha value is -3.40. The molecule has 4 N–H and O–H groups in total. The van der Waals surface area contributed by atoms with Gasteiger partial charge in [-0.2, -0.15) is 0 Å². The molecule has 4 rings (SSSR count). The summed E-state index contributed by atoms with van der Waals surface area (Å²) in [4.78, 5) is 19.6. The van der Waals surface area contributed by atoms with Gasteiger partial charge < -0.3 is 35.5 Å². The van der Waals surface area contributed by atoms with Gasteiger partial charge in [0.25, 0.3) is 5.91 Å². The molecule has 9 nitrogen and oxygen atoms in total. The highest BCUT2D eigenvalue weighted by molar-refractivity contribution is 5.96. The molecule has 0 unspecified atom stereocenters. The second-order valence-corrected chi connectivity index (χ2v) is 9.76. The van der Waals surface area contributed by atoms with Crippen LogP contribution >= 0.6 is 0 Å². The van der Waals surface area contributed by atoms with Crippen molar-refractivity contribution in [1.82, 2.24) is 10.2 Å². The number of benzene rings is 2. The van der Waals surface area contributed by atoms with Gasteiger partial charge in [0.1, 0.15) is 11.4 Å². The van der Waals surface area contributed by atoms with Crippen molar-refractivity contribution in [3.63, 3.8) is 0 Å². The highest BCUT2D eigenvalue weighted by Crippen LogP contribution is 2.26. The predicted octanol–water partition coefficient (Wildman–Crippen LogP) is 3.42. The van der Waals surface area contributed by atoms with Gasteiger partial charge in [0.15, 0.2) is 0 Å². The van der Waals surface area contributed by atoms with Gasteiger partial charge in [-0.05, 0) is 61.2 Å². The third kappa shape index (κ3) is 6.53. The molecule has 0 aromatic heterocycles. The van der Waals surface area contributed by atoms with Crippen LogP contribution in [0.3, 0.4) is 0 Å². The summed E-state index contributed by atoms with van der Waals surface area (Å²) in [6, 6.07) is 12.6. The first-order valence-corrected chi connectivity index (χ1v) is 13.1. The molecular weight excluding hydrogens is 482 g/mol. The summed E-state index contributed by atoms with van der Waals surface area (Å²) in [6.45, 7) is 8.64. The fourth-order valence-electron chi connectivity index (χ4n) is 5.06. The van der Waals surface area contributed by atoms with Crippen molar-refractivity contribution in [3.05, 3.63) is 59.9 Å². The van der Waals surface area contributed by atoms with Crippen molar-refractivity contribution in [3.8, 4) is 5.75 Å². The normalized spacial score (nSPS) is 21.4. The van der Waals surface area contributed by atoms with E-state index >= 15 is 0 Å². The molecule has 9 heteroatoms. The lowest BCUT2D eigenvalue weighted by Crippen LogP contribution is -2.54. The number of nitrogens with zero attached hydrogens (tertiary/aromatic N) is 2. The lowest BCUT2D eigenvalue weighted by atomic mass is 9.99. The molecule has 2 atom stereocenters. The zero-order chi connectivity index (χ0) is 27.1. The van der Waals surface area contributed by atoms with Crippen molar-refractivity contribution in [2.24, 2.45) is 10.7 Å². The molecular formula is C29H39N5O4. The Morgan fingerprint density at radius 2 is 1.92 bits per heavy atom. The Morgan fingerprint density at radius 1 is 1.16 bits per heavy atom. The average molecular weight is 522 g/mol. The van der Waals surface area contributed by atoms with E-state index in [4.69, 9.17) is 19.9 Å². The monoisotopic (exact) mass is 521 g/mol. The van der Waals surface area contributed by atoms with Gasteiger partial charge in [-0.1, -0.05) is 18.7 Å². The maximum Gasteiger partial charge on any atom is 0.272 e. The molecule has 2 aromatic rings. The summed E-state index contributed by atoms with van der Waals surface area (Å²) in [5.74, 6) is 0.648. The van der Waals surface area contributed by atoms with Crippen LogP contribution in [0.25, 0.3) is 10.8 Å². The molecule has 204 valence electrons. The second kappa shape index (κ2) is 12.9. The van der Waals surface area contributed by atoms with Crippen molar-refractivity contribution in [2.45, 2.75) is 44.4 Å². The highest BCUT2D eigenvalue weighted by Gasteiger charge is 2.31. The first-order chi connectivity index (χ1) is 18.4. The van der Waals surface area contributed by atoms with E-state index < -0.39 is 0 Å². The third-order valence-corrected chi connectivity index (χ3v) is 7.40. The molecule has 2 aliphatic heterocycles. The van der Waals surface area contributed by atoms with E-state index in [0.29, 0.717) is 42.7 Å². The topological polar surface area (TPSA) is 110 Å². The van der Waals surface area contributed by atoms with E-state index in [1.807, 2.05) is 48.2 Å². The predicted molar refractivity (Wildman–Crippen MR) is 151 cm³/mol. The van der Waals surface area contributed by atoms with Crippen molar-refractivity contribution in [1.29, 1.82) is 0 Å². The van der Waals surface area contributed by atoms with Crippen LogP contribution in [0.2, 0.25) is 0 Å². The maximum absolute atomic E-state index is 13.5. The van der Waals surface area contributed by atoms with Crippen LogP contribution in [0, 0.1) is 0 Å². The van der Waals surface area contributed by atoms with Gasteiger partial charge in [0, 0.05) is 55.8 Å². The molecule has 1 amide bonds. The Kier molecular flexibility index (Phi) is 9.38. The standard InChI is InChI=1S/C29H39N5O4/c1-19(20(2)32-24-7-5-21-6-8-25(36-3)16-22(21)15-24)28(31-18-30)29(35)34-12-9-23(10-13-34)33-26-11-14-38-17-27(26)37-4/h5-8,15-16,18,23,26-27,32-33H,2,9-14,17H2,1,3-4H3,(H2,30,31)/b28-19-/t26-,27+/m1/s1. The molecule has 2 aliphatic rings. The molecule has 2 saturated heterocycles. The van der Waals surface area contributed by atoms with Crippen LogP contribution in [-0.2, 0) is 14.3 Å². The highest BCUT2D eigenvalue weighted by atomic mass is 16.5. The van der Waals surface area contributed by atoms with E-state index in [1.165, 1.54) is 0 Å². The molecule has 2 fully saturated rings. The molecule has 2 heterocycles. The fraction of sp³-hybridized carbons (Fsp3) is 0.448. The Labute approximate surface area is 224 Å². The van der Waals surface area contributed by atoms with Crippen LogP contribution in [-0.4, -0.2) is 75.9 Å². The number of allylic oxidation sites excluding steroid dienone is 1. The molecule has 0 spiro atoms. The summed E-state index contributed by atoms with van der Waals surface area (Å²) in [6.07, 6.45) is 3.86. The van der Waals surface area contributed by atoms with Gasteiger partial charge >= 0.3 is 0 Å². The summed E-state index contributed by atoms with van der Waals surface area (Å²) in [7, 11) is 3.38. The van der Waals surface area contributed by atoms with Crippen molar-refractivity contribution in [2.75, 3.05) is 45.8 Å². The summed E-state index contributed by atoms with van der Waals surface area (Å²) in [5.41, 5.74) is 8.02. The number of carbonyl (C=O) groups is 1. The number of nitrogens with two attached hydrogens (primary N) is 1. The average Bonchev–Trinajstić information content (AvgIpc) is 2.95. The summed E-state index contributed by atoms with van der Waals surface area (Å²) >= 11 is 0. The van der Waals surface area contributed by atoms with E-state index in [9.17, 15) is 4.79 Å². The number of hydrogen-bond donors (Lipinski definition) is 3. The zero-order valence-electron chi connectivity index (χ0n) is 22.5. The second-order valence-electron chi connectivity index (χ2n) is 9.76. The first kappa shape index (κ1) is 27.6. The van der Waals surface area contributed by atoms with Crippen LogP contribution in [0.5, 0.6) is 5.75 Å². The smallest absolute Gasteiger partial charge is 0.272 e. The first-order valence-electron chi connectivity index (χ1n) is 13.1. The number of ether oxygens (including phenoxy) is 3. The van der Waals surface area contributed by atoms with Crippen LogP contribution in [0.1, 0.15) is 26.2 Å². The SMILES string of the molecule is C=C(Nc1ccc2ccc(OC)cc2c1)/C(C)=C(\N=C/N)C(=O)N1CCC(N[C@@H]2CCOC[C@@H]2OC)CC1. The van der Waals surface area contributed by atoms with Crippen LogP contribution in [0.15, 0.2) is 64.9 Å². The fourth-order valence-corrected chi connectivity index (χ4v) is 5.06. The molecule has 0 saturated carbocycles. The Balaban J connectivity index is 1.41. The van der Waals surface area contributed by atoms with Crippen LogP contribution < -0.4 is 21.1 Å². The lowest BCUT2D eigenvalue weighted by molar-refractivity contribution is -0.128. The molecule has 0 aliphatic carbocycles. The number of fused-ring (bicyclic) bond motifs is 1. The quantitative estimate of drug-likeness (QED) is 0.201. The molecule has 38 heavy (non-hydrogen) atoms. The number of rotatable bonds is 9. The van der Waals surface area contributed by atoms with E-state index in [1.54, 1.807) is 14.2 Å². The number of anilines is 1. The van der Waals surface area contributed by atoms with E-state index in [2.05, 4.69) is 22.2 Å². The maximum atomic E-state index is 13.5. The summed E-state index contributed by atoms with van der Waals surface area (Å²) in [5, 5.41) is 9.18. The minimum absolute atomic E-state index is 0.0580. The largest absolute Gasteiger partial charge is 0.497 e. The minimum Gasteiger partial charge on any atom is -0.497 e.